The molecule has 0 N–H and O–H groups in total. The Hall–Kier alpha value is -5.93. The Labute approximate surface area is 289 Å². The molecule has 3 nitrogen and oxygen atoms in total. The monoisotopic (exact) mass is 692 g/mol. The number of fused-ring (bicyclic) bond motifs is 8. The van der Waals surface area contributed by atoms with Gasteiger partial charge in [-0.2, -0.15) is 0 Å². The molecule has 0 spiro atoms. The number of aromatic nitrogens is 1. The fourth-order valence-electron chi connectivity index (χ4n) is 7.09. The third-order valence-corrected chi connectivity index (χ3v) is 11.9. The van der Waals surface area contributed by atoms with Crippen molar-refractivity contribution in [2.45, 2.75) is 0 Å². The maximum absolute atomic E-state index is 6.52. The van der Waals surface area contributed by atoms with E-state index in [-0.39, 0.29) is 0 Å². The summed E-state index contributed by atoms with van der Waals surface area (Å²) in [5, 5.41) is 7.26. The molecule has 4 heteroatoms. The topological polar surface area (TPSA) is 29.3 Å². The van der Waals surface area contributed by atoms with Gasteiger partial charge in [0.05, 0.1) is 0 Å². The van der Waals surface area contributed by atoms with E-state index in [1.807, 2.05) is 30.3 Å². The van der Waals surface area contributed by atoms with Crippen LogP contribution in [0.15, 0.2) is 174 Å². The first-order chi connectivity index (χ1) is 24.3. The van der Waals surface area contributed by atoms with E-state index in [2.05, 4.69) is 144 Å². The fraction of sp³-hybridized carbons (Fsp3) is 0. The summed E-state index contributed by atoms with van der Waals surface area (Å²) in [7, 11) is 0. The molecule has 0 atom stereocenters. The normalized spacial score (nSPS) is 11.7. The van der Waals surface area contributed by atoms with Crippen molar-refractivity contribution in [2.24, 2.45) is 0 Å². The molecule has 2 heterocycles. The van der Waals surface area contributed by atoms with Gasteiger partial charge >= 0.3 is 181 Å². The summed E-state index contributed by atoms with van der Waals surface area (Å²) in [6, 6.07) is 60.8. The molecule has 0 saturated carbocycles. The second kappa shape index (κ2) is 11.3. The first-order valence-corrected chi connectivity index (χ1v) is 18.2. The summed E-state index contributed by atoms with van der Waals surface area (Å²) in [6.45, 7) is 0. The molecular formula is C45H28N2OSe. The van der Waals surface area contributed by atoms with Gasteiger partial charge in [0.2, 0.25) is 5.89 Å². The Bertz CT molecular complexity index is 2820. The van der Waals surface area contributed by atoms with E-state index in [9.17, 15) is 0 Å². The van der Waals surface area contributed by atoms with Gasteiger partial charge in [0.1, 0.15) is 5.52 Å². The Morgan fingerprint density at radius 2 is 1.10 bits per heavy atom. The van der Waals surface area contributed by atoms with Gasteiger partial charge in [-0.25, -0.2) is 4.98 Å². The molecule has 0 radical (unpaired) electrons. The average Bonchev–Trinajstić information content (AvgIpc) is 3.78. The van der Waals surface area contributed by atoms with E-state index in [1.165, 1.54) is 30.4 Å². The Balaban J connectivity index is 1.11. The minimum atomic E-state index is 0.374. The summed E-state index contributed by atoms with van der Waals surface area (Å²) in [5.74, 6) is 0.635. The molecular weight excluding hydrogens is 663 g/mol. The molecule has 0 amide bonds. The van der Waals surface area contributed by atoms with Crippen molar-refractivity contribution in [3.05, 3.63) is 170 Å². The summed E-state index contributed by atoms with van der Waals surface area (Å²) in [4.78, 5) is 7.21. The molecule has 2 aromatic heterocycles. The van der Waals surface area contributed by atoms with Gasteiger partial charge in [-0.1, -0.05) is 42.5 Å². The van der Waals surface area contributed by atoms with Crippen LogP contribution in [0.2, 0.25) is 0 Å². The first-order valence-electron chi connectivity index (χ1n) is 16.5. The van der Waals surface area contributed by atoms with E-state index in [0.29, 0.717) is 20.4 Å². The van der Waals surface area contributed by atoms with Crippen LogP contribution >= 0.6 is 0 Å². The van der Waals surface area contributed by atoms with Crippen LogP contribution in [0, 0.1) is 0 Å². The Morgan fingerprint density at radius 3 is 1.96 bits per heavy atom. The predicted molar refractivity (Wildman–Crippen MR) is 207 cm³/mol. The minimum absolute atomic E-state index is 0.374. The average molecular weight is 692 g/mol. The van der Waals surface area contributed by atoms with Crippen LogP contribution in [0.3, 0.4) is 0 Å². The molecule has 230 valence electrons. The standard InChI is InChI=1S/C45H28N2OSe/c1-3-9-32(10-4-1)45-46-40-25-20-31-16-15-30-19-24-36(28-38(30)43(31)44(40)48-45)47(34-11-5-2-6-12-34)35-22-17-29(18-23-35)33-21-26-42-39(27-33)37-13-7-8-14-41(37)49-42/h1-28H. The smallest absolute Gasteiger partial charge is 0.435 e. The van der Waals surface area contributed by atoms with Crippen molar-refractivity contribution >= 4 is 83.5 Å². The molecule has 0 unspecified atom stereocenters. The molecule has 0 aliphatic rings. The number of rotatable bonds is 5. The zero-order valence-corrected chi connectivity index (χ0v) is 28.1. The van der Waals surface area contributed by atoms with Crippen molar-refractivity contribution in [3.63, 3.8) is 0 Å². The number of anilines is 3. The van der Waals surface area contributed by atoms with Gasteiger partial charge in [0.15, 0.2) is 5.58 Å². The van der Waals surface area contributed by atoms with Crippen molar-refractivity contribution < 1.29 is 4.42 Å². The molecule has 10 aromatic rings. The quantitative estimate of drug-likeness (QED) is 0.133. The van der Waals surface area contributed by atoms with Crippen molar-refractivity contribution in [1.82, 2.24) is 4.98 Å². The van der Waals surface area contributed by atoms with E-state index < -0.39 is 0 Å². The third-order valence-electron chi connectivity index (χ3n) is 9.47. The van der Waals surface area contributed by atoms with Crippen LogP contribution in [-0.4, -0.2) is 19.5 Å². The molecule has 0 aliphatic carbocycles. The zero-order chi connectivity index (χ0) is 32.3. The number of nitrogens with zero attached hydrogens (tertiary/aromatic N) is 2. The van der Waals surface area contributed by atoms with Gasteiger partial charge < -0.3 is 4.42 Å². The van der Waals surface area contributed by atoms with Gasteiger partial charge in [-0.05, 0) is 29.0 Å². The van der Waals surface area contributed by atoms with Crippen LogP contribution in [0.1, 0.15) is 0 Å². The molecule has 0 fully saturated rings. The van der Waals surface area contributed by atoms with Gasteiger partial charge in [0.25, 0.3) is 0 Å². The fourth-order valence-corrected chi connectivity index (χ4v) is 9.37. The Morgan fingerprint density at radius 1 is 0.449 bits per heavy atom. The Kier molecular flexibility index (Phi) is 6.51. The molecule has 0 bridgehead atoms. The number of hydrogen-bond donors (Lipinski definition) is 0. The third kappa shape index (κ3) is 4.76. The second-order valence-corrected chi connectivity index (χ2v) is 14.7. The zero-order valence-electron chi connectivity index (χ0n) is 26.4. The summed E-state index contributed by atoms with van der Waals surface area (Å²) < 4.78 is 9.46. The van der Waals surface area contributed by atoms with E-state index >= 15 is 0 Å². The van der Waals surface area contributed by atoms with Crippen LogP contribution < -0.4 is 4.90 Å². The molecule has 8 aromatic carbocycles. The SMILES string of the molecule is c1ccc(-c2nc3ccc4ccc5ccc(N(c6ccccc6)c6ccc(-c7ccc8[se]c9ccccc9c8c7)cc6)cc5c4c3o2)cc1. The number of hydrogen-bond acceptors (Lipinski definition) is 3. The summed E-state index contributed by atoms with van der Waals surface area (Å²) in [5.41, 5.74) is 8.37. The summed E-state index contributed by atoms with van der Waals surface area (Å²) in [6.07, 6.45) is 0. The maximum atomic E-state index is 6.52. The number of oxazole rings is 1. The van der Waals surface area contributed by atoms with Crippen molar-refractivity contribution in [2.75, 3.05) is 4.90 Å². The van der Waals surface area contributed by atoms with E-state index in [0.717, 1.165) is 55.3 Å². The van der Waals surface area contributed by atoms with Crippen LogP contribution in [0.5, 0.6) is 0 Å². The van der Waals surface area contributed by atoms with Crippen LogP contribution in [0.4, 0.5) is 17.1 Å². The summed E-state index contributed by atoms with van der Waals surface area (Å²) >= 11 is 0.374. The molecule has 0 aliphatic heterocycles. The van der Waals surface area contributed by atoms with Crippen molar-refractivity contribution in [1.29, 1.82) is 0 Å². The van der Waals surface area contributed by atoms with E-state index in [1.54, 1.807) is 0 Å². The second-order valence-electron chi connectivity index (χ2n) is 12.4. The predicted octanol–water partition coefficient (Wildman–Crippen LogP) is 12.3. The molecule has 10 rings (SSSR count). The van der Waals surface area contributed by atoms with Crippen LogP contribution in [0.25, 0.3) is 74.5 Å². The van der Waals surface area contributed by atoms with Gasteiger partial charge in [0, 0.05) is 10.9 Å². The number of para-hydroxylation sites is 1. The van der Waals surface area contributed by atoms with E-state index in [4.69, 9.17) is 9.40 Å². The first kappa shape index (κ1) is 28.1. The number of benzene rings is 8. The molecule has 0 saturated heterocycles. The van der Waals surface area contributed by atoms with Gasteiger partial charge in [-0.3, -0.25) is 0 Å². The minimum Gasteiger partial charge on any atom is -0.435 e. The van der Waals surface area contributed by atoms with Crippen LogP contribution in [-0.2, 0) is 0 Å². The van der Waals surface area contributed by atoms with Gasteiger partial charge in [-0.15, -0.1) is 0 Å². The molecule has 49 heavy (non-hydrogen) atoms. The van der Waals surface area contributed by atoms with Crippen molar-refractivity contribution in [3.8, 4) is 22.6 Å².